The third-order valence-corrected chi connectivity index (χ3v) is 4.73. The SMILES string of the molecule is Nc1[nH]nc2c1c(C1CCCC1)nn2-c1cccc(Br)c1. The lowest BCUT2D eigenvalue weighted by Gasteiger charge is -2.06. The van der Waals surface area contributed by atoms with Gasteiger partial charge in [-0.05, 0) is 31.0 Å². The molecule has 2 heterocycles. The van der Waals surface area contributed by atoms with Crippen LogP contribution in [0.4, 0.5) is 5.82 Å². The molecule has 108 valence electrons. The van der Waals surface area contributed by atoms with E-state index in [1.807, 2.05) is 28.9 Å². The van der Waals surface area contributed by atoms with Crippen molar-refractivity contribution in [1.82, 2.24) is 20.0 Å². The van der Waals surface area contributed by atoms with Gasteiger partial charge in [0.1, 0.15) is 5.82 Å². The Hall–Kier alpha value is -1.82. The van der Waals surface area contributed by atoms with Crippen LogP contribution in [0.15, 0.2) is 28.7 Å². The number of fused-ring (bicyclic) bond motifs is 1. The second-order valence-corrected chi connectivity index (χ2v) is 6.51. The summed E-state index contributed by atoms with van der Waals surface area (Å²) in [7, 11) is 0. The Balaban J connectivity index is 1.94. The van der Waals surface area contributed by atoms with Gasteiger partial charge < -0.3 is 5.73 Å². The average Bonchev–Trinajstić information content (AvgIpc) is 3.17. The molecule has 0 amide bonds. The van der Waals surface area contributed by atoms with Crippen LogP contribution in [-0.4, -0.2) is 20.0 Å². The lowest BCUT2D eigenvalue weighted by atomic mass is 10.0. The zero-order valence-electron chi connectivity index (χ0n) is 11.5. The van der Waals surface area contributed by atoms with Crippen molar-refractivity contribution in [3.05, 3.63) is 34.4 Å². The number of aromatic amines is 1. The highest BCUT2D eigenvalue weighted by Gasteiger charge is 2.26. The molecule has 1 aromatic carbocycles. The smallest absolute Gasteiger partial charge is 0.186 e. The number of nitrogen functional groups attached to an aromatic ring is 1. The molecule has 1 fully saturated rings. The van der Waals surface area contributed by atoms with Gasteiger partial charge in [0.25, 0.3) is 0 Å². The fourth-order valence-corrected chi connectivity index (χ4v) is 3.62. The molecule has 1 saturated carbocycles. The number of hydrogen-bond donors (Lipinski definition) is 2. The van der Waals surface area contributed by atoms with Crippen LogP contribution in [0.5, 0.6) is 0 Å². The molecule has 0 radical (unpaired) electrons. The van der Waals surface area contributed by atoms with Crippen LogP contribution in [0.1, 0.15) is 37.3 Å². The topological polar surface area (TPSA) is 72.5 Å². The van der Waals surface area contributed by atoms with Gasteiger partial charge >= 0.3 is 0 Å². The van der Waals surface area contributed by atoms with Crippen LogP contribution < -0.4 is 5.73 Å². The highest BCUT2D eigenvalue weighted by Crippen LogP contribution is 2.38. The summed E-state index contributed by atoms with van der Waals surface area (Å²) >= 11 is 3.51. The normalized spacial score (nSPS) is 16.0. The van der Waals surface area contributed by atoms with Crippen LogP contribution in [0.25, 0.3) is 16.7 Å². The summed E-state index contributed by atoms with van der Waals surface area (Å²) < 4.78 is 2.91. The Labute approximate surface area is 130 Å². The number of hydrogen-bond acceptors (Lipinski definition) is 3. The molecule has 0 atom stereocenters. The summed E-state index contributed by atoms with van der Waals surface area (Å²) in [6, 6.07) is 8.06. The van der Waals surface area contributed by atoms with E-state index in [-0.39, 0.29) is 0 Å². The summed E-state index contributed by atoms with van der Waals surface area (Å²) in [5, 5.41) is 13.1. The number of halogens is 1. The van der Waals surface area contributed by atoms with E-state index in [4.69, 9.17) is 10.8 Å². The molecule has 0 spiro atoms. The van der Waals surface area contributed by atoms with Gasteiger partial charge in [0, 0.05) is 10.4 Å². The van der Waals surface area contributed by atoms with E-state index in [1.54, 1.807) is 0 Å². The Bertz CT molecular complexity index is 798. The van der Waals surface area contributed by atoms with E-state index in [2.05, 4.69) is 26.1 Å². The molecule has 1 aliphatic rings. The van der Waals surface area contributed by atoms with Gasteiger partial charge in [0.15, 0.2) is 5.65 Å². The minimum Gasteiger partial charge on any atom is -0.383 e. The van der Waals surface area contributed by atoms with E-state index in [1.165, 1.54) is 25.7 Å². The molecule has 3 aromatic rings. The highest BCUT2D eigenvalue weighted by atomic mass is 79.9. The molecule has 0 bridgehead atoms. The quantitative estimate of drug-likeness (QED) is 0.742. The fraction of sp³-hybridized carbons (Fsp3) is 0.333. The summed E-state index contributed by atoms with van der Waals surface area (Å²) in [6.45, 7) is 0. The molecule has 0 saturated heterocycles. The lowest BCUT2D eigenvalue weighted by molar-refractivity contribution is 0.682. The zero-order valence-corrected chi connectivity index (χ0v) is 13.1. The molecule has 4 rings (SSSR count). The van der Waals surface area contributed by atoms with Gasteiger partial charge in [-0.1, -0.05) is 34.8 Å². The number of rotatable bonds is 2. The first-order valence-corrected chi connectivity index (χ1v) is 8.02. The van der Waals surface area contributed by atoms with Crippen molar-refractivity contribution in [2.75, 3.05) is 5.73 Å². The van der Waals surface area contributed by atoms with Crippen molar-refractivity contribution in [2.24, 2.45) is 0 Å². The van der Waals surface area contributed by atoms with E-state index in [9.17, 15) is 0 Å². The maximum Gasteiger partial charge on any atom is 0.186 e. The number of nitrogens with zero attached hydrogens (tertiary/aromatic N) is 3. The number of anilines is 1. The van der Waals surface area contributed by atoms with Crippen molar-refractivity contribution < 1.29 is 0 Å². The standard InChI is InChI=1S/C15H16BrN5/c16-10-6-3-7-11(8-10)21-15-12(14(17)18-19-15)13(20-21)9-4-1-2-5-9/h3,6-9H,1-2,4-5H2,(H3,17,18,19). The first-order valence-electron chi connectivity index (χ1n) is 7.22. The molecular formula is C15H16BrN5. The predicted molar refractivity (Wildman–Crippen MR) is 86.5 cm³/mol. The first kappa shape index (κ1) is 12.9. The summed E-state index contributed by atoms with van der Waals surface area (Å²) in [5.41, 5.74) is 8.98. The molecule has 3 N–H and O–H groups in total. The Morgan fingerprint density at radius 1 is 1.29 bits per heavy atom. The number of aromatic nitrogens is 4. The maximum atomic E-state index is 6.09. The van der Waals surface area contributed by atoms with Crippen LogP contribution in [-0.2, 0) is 0 Å². The van der Waals surface area contributed by atoms with Gasteiger partial charge in [-0.3, -0.25) is 5.10 Å². The first-order chi connectivity index (χ1) is 10.2. The fourth-order valence-electron chi connectivity index (χ4n) is 3.23. The molecule has 21 heavy (non-hydrogen) atoms. The van der Waals surface area contributed by atoms with Crippen molar-refractivity contribution in [3.63, 3.8) is 0 Å². The molecule has 5 nitrogen and oxygen atoms in total. The Morgan fingerprint density at radius 2 is 2.10 bits per heavy atom. The van der Waals surface area contributed by atoms with Crippen LogP contribution in [0.2, 0.25) is 0 Å². The lowest BCUT2D eigenvalue weighted by Crippen LogP contribution is -2.01. The van der Waals surface area contributed by atoms with Gasteiger partial charge in [-0.15, -0.1) is 0 Å². The largest absolute Gasteiger partial charge is 0.383 e. The van der Waals surface area contributed by atoms with Gasteiger partial charge in [0.2, 0.25) is 0 Å². The Morgan fingerprint density at radius 3 is 2.86 bits per heavy atom. The molecule has 2 aromatic heterocycles. The average molecular weight is 346 g/mol. The molecule has 6 heteroatoms. The molecule has 1 aliphatic carbocycles. The number of nitrogens with two attached hydrogens (primary N) is 1. The Kier molecular flexibility index (Phi) is 2.99. The number of H-pyrrole nitrogens is 1. The zero-order chi connectivity index (χ0) is 14.4. The van der Waals surface area contributed by atoms with E-state index in [0.717, 1.165) is 26.9 Å². The van der Waals surface area contributed by atoms with Crippen molar-refractivity contribution in [2.45, 2.75) is 31.6 Å². The minimum atomic E-state index is 0.501. The van der Waals surface area contributed by atoms with Crippen molar-refractivity contribution >= 4 is 32.8 Å². The van der Waals surface area contributed by atoms with Crippen molar-refractivity contribution in [3.8, 4) is 5.69 Å². The summed E-state index contributed by atoms with van der Waals surface area (Å²) in [5.74, 6) is 1.12. The summed E-state index contributed by atoms with van der Waals surface area (Å²) in [6.07, 6.45) is 4.92. The molecular weight excluding hydrogens is 330 g/mol. The summed E-state index contributed by atoms with van der Waals surface area (Å²) in [4.78, 5) is 0. The second-order valence-electron chi connectivity index (χ2n) is 5.59. The van der Waals surface area contributed by atoms with Crippen LogP contribution in [0, 0.1) is 0 Å². The van der Waals surface area contributed by atoms with E-state index in [0.29, 0.717) is 11.7 Å². The third kappa shape index (κ3) is 2.05. The van der Waals surface area contributed by atoms with Gasteiger partial charge in [0.05, 0.1) is 16.8 Å². The van der Waals surface area contributed by atoms with Gasteiger partial charge in [-0.25, -0.2) is 4.68 Å². The van der Waals surface area contributed by atoms with Crippen LogP contribution >= 0.6 is 15.9 Å². The van der Waals surface area contributed by atoms with E-state index >= 15 is 0 Å². The number of benzene rings is 1. The third-order valence-electron chi connectivity index (χ3n) is 4.23. The van der Waals surface area contributed by atoms with Gasteiger partial charge in [-0.2, -0.15) is 10.2 Å². The molecule has 0 unspecified atom stereocenters. The predicted octanol–water partition coefficient (Wildman–Crippen LogP) is 3.75. The number of nitrogens with one attached hydrogen (secondary N) is 1. The van der Waals surface area contributed by atoms with Crippen molar-refractivity contribution in [1.29, 1.82) is 0 Å². The second kappa shape index (κ2) is 4.87. The minimum absolute atomic E-state index is 0.501. The van der Waals surface area contributed by atoms with Crippen LogP contribution in [0.3, 0.4) is 0 Å². The molecule has 0 aliphatic heterocycles. The monoisotopic (exact) mass is 345 g/mol. The highest BCUT2D eigenvalue weighted by molar-refractivity contribution is 9.10. The maximum absolute atomic E-state index is 6.09. The van der Waals surface area contributed by atoms with E-state index < -0.39 is 0 Å².